The van der Waals surface area contributed by atoms with Crippen LogP contribution in [0.15, 0.2) is 12.1 Å². The zero-order valence-corrected chi connectivity index (χ0v) is 11.0. The molecule has 0 aliphatic carbocycles. The third-order valence-electron chi connectivity index (χ3n) is 2.59. The van der Waals surface area contributed by atoms with Crippen LogP contribution >= 0.6 is 23.2 Å². The monoisotopic (exact) mass is 354 g/mol. The molecule has 21 heavy (non-hydrogen) atoms. The van der Waals surface area contributed by atoms with Crippen molar-refractivity contribution in [3.8, 4) is 0 Å². The van der Waals surface area contributed by atoms with E-state index in [0.717, 1.165) is 12.1 Å². The van der Waals surface area contributed by atoms with Gasteiger partial charge in [0.25, 0.3) is 0 Å². The molecule has 0 bridgehead atoms. The largest absolute Gasteiger partial charge is 0.460 e. The van der Waals surface area contributed by atoms with Crippen LogP contribution < -0.4 is 0 Å². The van der Waals surface area contributed by atoms with Gasteiger partial charge in [-0.15, -0.1) is 0 Å². The minimum atomic E-state index is -6.45. The van der Waals surface area contributed by atoms with Gasteiger partial charge in [0.15, 0.2) is 5.82 Å². The summed E-state index contributed by atoms with van der Waals surface area (Å²) >= 11 is 11.2. The Kier molecular flexibility index (Phi) is 3.57. The number of halogens is 9. The van der Waals surface area contributed by atoms with E-state index in [2.05, 4.69) is 4.98 Å². The first-order valence-electron chi connectivity index (χ1n) is 5.06. The summed E-state index contributed by atoms with van der Waals surface area (Å²) in [4.78, 5) is 4.72. The quantitative estimate of drug-likeness (QED) is 0.741. The first-order valence-corrected chi connectivity index (χ1v) is 5.81. The molecule has 0 radical (unpaired) electrons. The summed E-state index contributed by atoms with van der Waals surface area (Å²) in [5.41, 5.74) is -0.686. The van der Waals surface area contributed by atoms with Gasteiger partial charge in [-0.1, -0.05) is 23.2 Å². The number of rotatable bonds is 2. The Morgan fingerprint density at radius 1 is 0.952 bits per heavy atom. The Morgan fingerprint density at radius 3 is 2.05 bits per heavy atom. The Balaban J connectivity index is 2.63. The summed E-state index contributed by atoms with van der Waals surface area (Å²) in [5.74, 6) is -13.8. The topological polar surface area (TPSA) is 28.7 Å². The Bertz CT molecular complexity index is 693. The summed E-state index contributed by atoms with van der Waals surface area (Å²) in [6.07, 6.45) is -6.45. The summed E-state index contributed by atoms with van der Waals surface area (Å²) in [5, 5.41) is -0.462. The van der Waals surface area contributed by atoms with Crippen LogP contribution in [-0.4, -0.2) is 22.1 Å². The number of imidazole rings is 1. The van der Waals surface area contributed by atoms with E-state index in [0.29, 0.717) is 0 Å². The number of fused-ring (bicyclic) bond motifs is 1. The van der Waals surface area contributed by atoms with E-state index in [9.17, 15) is 30.7 Å². The molecule has 0 spiro atoms. The van der Waals surface area contributed by atoms with Crippen molar-refractivity contribution in [2.75, 3.05) is 0 Å². The number of nitrogens with one attached hydrogen (secondary N) is 1. The molecule has 0 fully saturated rings. The van der Waals surface area contributed by atoms with Crippen LogP contribution in [0, 0.1) is 0 Å². The first-order chi connectivity index (χ1) is 9.39. The molecule has 0 saturated heterocycles. The summed E-state index contributed by atoms with van der Waals surface area (Å²) in [6, 6.07) is 2.22. The minimum absolute atomic E-state index is 0.117. The minimum Gasteiger partial charge on any atom is -0.337 e. The Labute approximate surface area is 121 Å². The molecule has 1 aromatic carbocycles. The van der Waals surface area contributed by atoms with Crippen molar-refractivity contribution in [3.63, 3.8) is 0 Å². The average molecular weight is 355 g/mol. The smallest absolute Gasteiger partial charge is 0.337 e. The number of hydrogen-bond acceptors (Lipinski definition) is 1. The molecule has 1 aromatic heterocycles. The van der Waals surface area contributed by atoms with E-state index in [4.69, 9.17) is 23.2 Å². The highest BCUT2D eigenvalue weighted by Crippen LogP contribution is 2.51. The highest BCUT2D eigenvalue weighted by molar-refractivity contribution is 6.44. The van der Waals surface area contributed by atoms with Crippen LogP contribution in [0.3, 0.4) is 0 Å². The molecule has 11 heteroatoms. The van der Waals surface area contributed by atoms with Crippen LogP contribution in [0.1, 0.15) is 5.82 Å². The maximum Gasteiger partial charge on any atom is 0.460 e. The first kappa shape index (κ1) is 16.2. The summed E-state index contributed by atoms with van der Waals surface area (Å²) < 4.78 is 89.0. The van der Waals surface area contributed by atoms with E-state index in [-0.39, 0.29) is 15.6 Å². The third kappa shape index (κ3) is 2.32. The summed E-state index contributed by atoms with van der Waals surface area (Å²) in [6.45, 7) is 0. The number of H-pyrrole nitrogens is 1. The van der Waals surface area contributed by atoms with Gasteiger partial charge in [-0.2, -0.15) is 30.7 Å². The fourth-order valence-corrected chi connectivity index (χ4v) is 1.85. The molecule has 0 aliphatic rings. The fourth-order valence-electron chi connectivity index (χ4n) is 1.49. The number of hydrogen-bond donors (Lipinski definition) is 1. The van der Waals surface area contributed by atoms with Crippen molar-refractivity contribution < 1.29 is 30.7 Å². The van der Waals surface area contributed by atoms with Gasteiger partial charge < -0.3 is 4.98 Å². The van der Waals surface area contributed by atoms with Crippen LogP contribution in [0.2, 0.25) is 10.0 Å². The maximum absolute atomic E-state index is 13.5. The number of benzene rings is 1. The molecule has 1 N–H and O–H groups in total. The fraction of sp³-hybridized carbons (Fsp3) is 0.300. The molecular weight excluding hydrogens is 352 g/mol. The lowest BCUT2D eigenvalue weighted by molar-refractivity contribution is -0.361. The molecule has 2 nitrogen and oxygen atoms in total. The van der Waals surface area contributed by atoms with Crippen molar-refractivity contribution >= 4 is 34.2 Å². The van der Waals surface area contributed by atoms with Gasteiger partial charge in [-0.05, 0) is 12.1 Å². The second-order valence-corrected chi connectivity index (χ2v) is 4.77. The lowest BCUT2D eigenvalue weighted by atomic mass is 10.1. The van der Waals surface area contributed by atoms with Gasteiger partial charge in [-0.25, -0.2) is 4.98 Å². The number of aromatic nitrogens is 2. The van der Waals surface area contributed by atoms with Crippen LogP contribution in [0.5, 0.6) is 0 Å². The zero-order valence-electron chi connectivity index (χ0n) is 9.50. The van der Waals surface area contributed by atoms with Crippen molar-refractivity contribution in [2.24, 2.45) is 0 Å². The second kappa shape index (κ2) is 4.64. The molecule has 2 rings (SSSR count). The predicted octanol–water partition coefficient (Wildman–Crippen LogP) is 5.16. The zero-order chi connectivity index (χ0) is 16.2. The van der Waals surface area contributed by atoms with Crippen molar-refractivity contribution in [3.05, 3.63) is 28.0 Å². The van der Waals surface area contributed by atoms with Crippen LogP contribution in [0.4, 0.5) is 30.7 Å². The molecule has 0 atom stereocenters. The standard InChI is InChI=1S/C10H3Cl2F7N2/c11-3-1-2-4-6(5(3)12)21-7(20-4)8(13,14)9(15,16)10(17,18)19/h1-2H,(H,20,21). The normalized spacial score (nSPS) is 14.0. The average Bonchev–Trinajstić information content (AvgIpc) is 2.77. The molecule has 0 amide bonds. The predicted molar refractivity (Wildman–Crippen MR) is 61.0 cm³/mol. The number of alkyl halides is 7. The van der Waals surface area contributed by atoms with Gasteiger partial charge in [0, 0.05) is 0 Å². The van der Waals surface area contributed by atoms with Crippen molar-refractivity contribution in [2.45, 2.75) is 18.0 Å². The van der Waals surface area contributed by atoms with E-state index in [1.807, 2.05) is 0 Å². The van der Waals surface area contributed by atoms with Gasteiger partial charge >= 0.3 is 18.0 Å². The van der Waals surface area contributed by atoms with Crippen LogP contribution in [-0.2, 0) is 5.92 Å². The van der Waals surface area contributed by atoms with E-state index >= 15 is 0 Å². The van der Waals surface area contributed by atoms with E-state index in [1.165, 1.54) is 0 Å². The van der Waals surface area contributed by atoms with Gasteiger partial charge in [0.2, 0.25) is 0 Å². The highest BCUT2D eigenvalue weighted by atomic mass is 35.5. The van der Waals surface area contributed by atoms with Crippen LogP contribution in [0.25, 0.3) is 11.0 Å². The number of nitrogens with zero attached hydrogens (tertiary/aromatic N) is 1. The Hall–Kier alpha value is -1.22. The SMILES string of the molecule is FC(F)(F)C(F)(F)C(F)(F)c1nc2c(Cl)c(Cl)ccc2[nH]1. The van der Waals surface area contributed by atoms with E-state index in [1.54, 1.807) is 4.98 Å². The van der Waals surface area contributed by atoms with Gasteiger partial charge in [0.05, 0.1) is 15.6 Å². The maximum atomic E-state index is 13.5. The molecule has 0 aliphatic heterocycles. The lowest BCUT2D eigenvalue weighted by Crippen LogP contribution is -2.50. The Morgan fingerprint density at radius 2 is 1.52 bits per heavy atom. The number of aromatic amines is 1. The molecule has 116 valence electrons. The third-order valence-corrected chi connectivity index (χ3v) is 3.39. The second-order valence-electron chi connectivity index (χ2n) is 3.99. The molecule has 1 heterocycles. The van der Waals surface area contributed by atoms with E-state index < -0.39 is 29.4 Å². The van der Waals surface area contributed by atoms with Crippen molar-refractivity contribution in [1.82, 2.24) is 9.97 Å². The summed E-state index contributed by atoms with van der Waals surface area (Å²) in [7, 11) is 0. The molecule has 2 aromatic rings. The van der Waals surface area contributed by atoms with Crippen molar-refractivity contribution in [1.29, 1.82) is 0 Å². The lowest BCUT2D eigenvalue weighted by Gasteiger charge is -2.26. The van der Waals surface area contributed by atoms with Gasteiger partial charge in [-0.3, -0.25) is 0 Å². The van der Waals surface area contributed by atoms with Gasteiger partial charge in [0.1, 0.15) is 5.52 Å². The molecular formula is C10H3Cl2F7N2. The highest BCUT2D eigenvalue weighted by Gasteiger charge is 2.74. The molecule has 0 unspecified atom stereocenters. The molecule has 0 saturated carbocycles.